The zero-order chi connectivity index (χ0) is 17.9. The standard InChI is InChI=1S/C20H24N2O2S/c1-2-21-19(23)13-8-14-20(24)22-15-16-9-6-7-12-18(16)25-17-10-4-3-5-11-17/h3-7,9-12H,2,8,13-15H2,1H3,(H,21,23)(H,22,24). The van der Waals surface area contributed by atoms with Gasteiger partial charge >= 0.3 is 0 Å². The van der Waals surface area contributed by atoms with E-state index >= 15 is 0 Å². The van der Waals surface area contributed by atoms with Crippen molar-refractivity contribution < 1.29 is 9.59 Å². The van der Waals surface area contributed by atoms with Gasteiger partial charge in [0.2, 0.25) is 11.8 Å². The van der Waals surface area contributed by atoms with E-state index in [1.54, 1.807) is 11.8 Å². The number of hydrogen-bond acceptors (Lipinski definition) is 3. The van der Waals surface area contributed by atoms with E-state index in [9.17, 15) is 9.59 Å². The molecule has 0 aliphatic rings. The first-order valence-corrected chi connectivity index (χ1v) is 9.35. The molecule has 0 bridgehead atoms. The summed E-state index contributed by atoms with van der Waals surface area (Å²) in [6.45, 7) is 3.01. The van der Waals surface area contributed by atoms with Crippen molar-refractivity contribution in [2.24, 2.45) is 0 Å². The molecule has 0 heterocycles. The summed E-state index contributed by atoms with van der Waals surface area (Å²) >= 11 is 1.69. The molecule has 0 aliphatic heterocycles. The van der Waals surface area contributed by atoms with Crippen LogP contribution in [0.5, 0.6) is 0 Å². The van der Waals surface area contributed by atoms with Crippen LogP contribution in [0.3, 0.4) is 0 Å². The molecule has 0 radical (unpaired) electrons. The second-order valence-electron chi connectivity index (χ2n) is 5.61. The van der Waals surface area contributed by atoms with Crippen molar-refractivity contribution in [1.29, 1.82) is 0 Å². The first-order valence-electron chi connectivity index (χ1n) is 8.53. The molecule has 2 amide bonds. The largest absolute Gasteiger partial charge is 0.356 e. The molecule has 2 N–H and O–H groups in total. The Kier molecular flexibility index (Phi) is 8.05. The third kappa shape index (κ3) is 7.01. The van der Waals surface area contributed by atoms with Crippen LogP contribution in [-0.4, -0.2) is 18.4 Å². The Bertz CT molecular complexity index is 689. The Labute approximate surface area is 153 Å². The first kappa shape index (κ1) is 19.1. The molecule has 0 saturated heterocycles. The van der Waals surface area contributed by atoms with Gasteiger partial charge < -0.3 is 10.6 Å². The van der Waals surface area contributed by atoms with Crippen molar-refractivity contribution in [2.75, 3.05) is 6.54 Å². The Hall–Kier alpha value is -2.27. The molecule has 132 valence electrons. The fourth-order valence-corrected chi connectivity index (χ4v) is 3.31. The van der Waals surface area contributed by atoms with Crippen LogP contribution in [0.4, 0.5) is 0 Å². The number of nitrogens with one attached hydrogen (secondary N) is 2. The van der Waals surface area contributed by atoms with Crippen LogP contribution in [0, 0.1) is 0 Å². The summed E-state index contributed by atoms with van der Waals surface area (Å²) in [5, 5.41) is 5.68. The zero-order valence-corrected chi connectivity index (χ0v) is 15.3. The average Bonchev–Trinajstić information content (AvgIpc) is 2.62. The quantitative estimate of drug-likeness (QED) is 0.719. The molecule has 2 rings (SSSR count). The molecule has 0 aliphatic carbocycles. The number of carbonyl (C=O) groups excluding carboxylic acids is 2. The number of rotatable bonds is 9. The molecule has 4 nitrogen and oxygen atoms in total. The van der Waals surface area contributed by atoms with E-state index in [1.165, 1.54) is 4.90 Å². The lowest BCUT2D eigenvalue weighted by Crippen LogP contribution is -2.25. The maximum atomic E-state index is 12.0. The third-order valence-electron chi connectivity index (χ3n) is 3.60. The lowest BCUT2D eigenvalue weighted by Gasteiger charge is -2.10. The molecule has 0 aromatic heterocycles. The molecule has 5 heteroatoms. The third-order valence-corrected chi connectivity index (χ3v) is 4.73. The van der Waals surface area contributed by atoms with Crippen LogP contribution in [-0.2, 0) is 16.1 Å². The highest BCUT2D eigenvalue weighted by Gasteiger charge is 2.07. The minimum Gasteiger partial charge on any atom is -0.356 e. The van der Waals surface area contributed by atoms with Crippen molar-refractivity contribution in [3.8, 4) is 0 Å². The van der Waals surface area contributed by atoms with E-state index in [2.05, 4.69) is 28.8 Å². The highest BCUT2D eigenvalue weighted by molar-refractivity contribution is 7.99. The Morgan fingerprint density at radius 1 is 0.880 bits per heavy atom. The lowest BCUT2D eigenvalue weighted by molar-refractivity contribution is -0.122. The summed E-state index contributed by atoms with van der Waals surface area (Å²) in [7, 11) is 0. The molecule has 0 spiro atoms. The molecule has 0 fully saturated rings. The molecule has 0 atom stereocenters. The zero-order valence-electron chi connectivity index (χ0n) is 14.5. The Balaban J connectivity index is 1.82. The van der Waals surface area contributed by atoms with Crippen LogP contribution in [0.1, 0.15) is 31.7 Å². The van der Waals surface area contributed by atoms with Gasteiger partial charge in [-0.2, -0.15) is 0 Å². The monoisotopic (exact) mass is 356 g/mol. The van der Waals surface area contributed by atoms with Gasteiger partial charge in [0.05, 0.1) is 0 Å². The Morgan fingerprint density at radius 3 is 2.24 bits per heavy atom. The summed E-state index contributed by atoms with van der Waals surface area (Å²) in [5.74, 6) is -0.0243. The summed E-state index contributed by atoms with van der Waals surface area (Å²) in [6.07, 6.45) is 1.32. The fourth-order valence-electron chi connectivity index (χ4n) is 2.34. The highest BCUT2D eigenvalue weighted by atomic mass is 32.2. The van der Waals surface area contributed by atoms with Crippen molar-refractivity contribution in [3.63, 3.8) is 0 Å². The highest BCUT2D eigenvalue weighted by Crippen LogP contribution is 2.30. The first-order chi connectivity index (χ1) is 12.2. The average molecular weight is 356 g/mol. The summed E-state index contributed by atoms with van der Waals surface area (Å²) in [6, 6.07) is 18.2. The van der Waals surface area contributed by atoms with Crippen molar-refractivity contribution in [3.05, 3.63) is 60.2 Å². The van der Waals surface area contributed by atoms with E-state index in [1.807, 2.05) is 43.3 Å². The van der Waals surface area contributed by atoms with Gasteiger partial charge in [0, 0.05) is 35.7 Å². The summed E-state index contributed by atoms with van der Waals surface area (Å²) in [5.41, 5.74) is 1.09. The molecule has 2 aromatic rings. The predicted molar refractivity (Wildman–Crippen MR) is 101 cm³/mol. The van der Waals surface area contributed by atoms with Gasteiger partial charge in [-0.05, 0) is 37.1 Å². The number of carbonyl (C=O) groups is 2. The van der Waals surface area contributed by atoms with Crippen molar-refractivity contribution in [2.45, 2.75) is 42.5 Å². The molecular weight excluding hydrogens is 332 g/mol. The molecule has 2 aromatic carbocycles. The lowest BCUT2D eigenvalue weighted by atomic mass is 10.2. The second-order valence-corrected chi connectivity index (χ2v) is 6.72. The SMILES string of the molecule is CCNC(=O)CCCC(=O)NCc1ccccc1Sc1ccccc1. The van der Waals surface area contributed by atoms with Gasteiger partial charge in [-0.25, -0.2) is 0 Å². The smallest absolute Gasteiger partial charge is 0.220 e. The van der Waals surface area contributed by atoms with Gasteiger partial charge in [-0.1, -0.05) is 48.2 Å². The summed E-state index contributed by atoms with van der Waals surface area (Å²) in [4.78, 5) is 25.7. The molecule has 0 saturated carbocycles. The molecule has 25 heavy (non-hydrogen) atoms. The number of benzene rings is 2. The number of amides is 2. The van der Waals surface area contributed by atoms with Gasteiger partial charge in [0.1, 0.15) is 0 Å². The van der Waals surface area contributed by atoms with E-state index in [4.69, 9.17) is 0 Å². The van der Waals surface area contributed by atoms with Gasteiger partial charge in [-0.3, -0.25) is 9.59 Å². The minimum absolute atomic E-state index is 0.0000864. The van der Waals surface area contributed by atoms with Crippen LogP contribution < -0.4 is 10.6 Å². The van der Waals surface area contributed by atoms with Crippen molar-refractivity contribution >= 4 is 23.6 Å². The maximum absolute atomic E-state index is 12.0. The predicted octanol–water partition coefficient (Wildman–Crippen LogP) is 3.76. The minimum atomic E-state index is -0.0242. The van der Waals surface area contributed by atoms with Crippen LogP contribution >= 0.6 is 11.8 Å². The topological polar surface area (TPSA) is 58.2 Å². The van der Waals surface area contributed by atoms with Crippen LogP contribution in [0.2, 0.25) is 0 Å². The van der Waals surface area contributed by atoms with E-state index < -0.39 is 0 Å². The maximum Gasteiger partial charge on any atom is 0.220 e. The second kappa shape index (κ2) is 10.6. The van der Waals surface area contributed by atoms with E-state index in [0.29, 0.717) is 32.4 Å². The van der Waals surface area contributed by atoms with Crippen molar-refractivity contribution in [1.82, 2.24) is 10.6 Å². The van der Waals surface area contributed by atoms with Gasteiger partial charge in [-0.15, -0.1) is 0 Å². The number of hydrogen-bond donors (Lipinski definition) is 2. The van der Waals surface area contributed by atoms with E-state index in [-0.39, 0.29) is 11.8 Å². The van der Waals surface area contributed by atoms with Gasteiger partial charge in [0.25, 0.3) is 0 Å². The fraction of sp³-hybridized carbons (Fsp3) is 0.300. The van der Waals surface area contributed by atoms with Crippen LogP contribution in [0.15, 0.2) is 64.4 Å². The van der Waals surface area contributed by atoms with Gasteiger partial charge in [0.15, 0.2) is 0 Å². The molecular formula is C20H24N2O2S. The normalized spacial score (nSPS) is 10.3. The van der Waals surface area contributed by atoms with E-state index in [0.717, 1.165) is 10.5 Å². The Morgan fingerprint density at radius 2 is 1.52 bits per heavy atom. The molecule has 0 unspecified atom stereocenters. The summed E-state index contributed by atoms with van der Waals surface area (Å²) < 4.78 is 0. The van der Waals surface area contributed by atoms with Crippen LogP contribution in [0.25, 0.3) is 0 Å².